The van der Waals surface area contributed by atoms with E-state index in [2.05, 4.69) is 16.9 Å². The van der Waals surface area contributed by atoms with Crippen molar-refractivity contribution in [3.05, 3.63) is 88.9 Å². The van der Waals surface area contributed by atoms with Crippen molar-refractivity contribution in [2.24, 2.45) is 0 Å². The molecule has 0 saturated carbocycles. The first-order chi connectivity index (χ1) is 14.8. The predicted octanol–water partition coefficient (Wildman–Crippen LogP) is 4.30. The van der Waals surface area contributed by atoms with Gasteiger partial charge in [-0.2, -0.15) is 0 Å². The standard InChI is InChI=1S/C23H21F2N3O3/c1-4-22(29)27-17-6-8-20(31-21-7-5-16(24)10-19(21)25)18(11-17)14-9-15(13-28(2)3)23(30)26-12-14/h4-12H,1,13H2,2-3H3,(H,26,30)(H,27,29). The lowest BCUT2D eigenvalue weighted by Gasteiger charge is -2.15. The molecule has 0 aliphatic carbocycles. The van der Waals surface area contributed by atoms with E-state index in [-0.39, 0.29) is 17.1 Å². The molecule has 1 aromatic heterocycles. The number of carbonyl (C=O) groups is 1. The Balaban J connectivity index is 2.10. The smallest absolute Gasteiger partial charge is 0.252 e. The van der Waals surface area contributed by atoms with Gasteiger partial charge in [0.1, 0.15) is 11.6 Å². The van der Waals surface area contributed by atoms with Gasteiger partial charge in [0.2, 0.25) is 5.91 Å². The molecule has 31 heavy (non-hydrogen) atoms. The number of nitrogens with one attached hydrogen (secondary N) is 2. The lowest BCUT2D eigenvalue weighted by Crippen LogP contribution is -2.20. The van der Waals surface area contributed by atoms with E-state index in [0.29, 0.717) is 28.9 Å². The van der Waals surface area contributed by atoms with Gasteiger partial charge in [0.25, 0.3) is 5.56 Å². The predicted molar refractivity (Wildman–Crippen MR) is 115 cm³/mol. The fourth-order valence-corrected chi connectivity index (χ4v) is 2.94. The van der Waals surface area contributed by atoms with Gasteiger partial charge in [0, 0.05) is 41.2 Å². The number of hydrogen-bond acceptors (Lipinski definition) is 4. The number of pyridine rings is 1. The summed E-state index contributed by atoms with van der Waals surface area (Å²) in [5, 5.41) is 2.65. The van der Waals surface area contributed by atoms with Crippen LogP contribution in [0.2, 0.25) is 0 Å². The number of aromatic amines is 1. The van der Waals surface area contributed by atoms with Crippen LogP contribution >= 0.6 is 0 Å². The molecule has 8 heteroatoms. The highest BCUT2D eigenvalue weighted by atomic mass is 19.1. The van der Waals surface area contributed by atoms with Crippen molar-refractivity contribution in [3.63, 3.8) is 0 Å². The molecule has 0 radical (unpaired) electrons. The first-order valence-electron chi connectivity index (χ1n) is 9.34. The Morgan fingerprint density at radius 2 is 1.90 bits per heavy atom. The SMILES string of the molecule is C=CC(=O)Nc1ccc(Oc2ccc(F)cc2F)c(-c2c[nH]c(=O)c(CN(C)C)c2)c1. The van der Waals surface area contributed by atoms with Gasteiger partial charge < -0.3 is 19.9 Å². The van der Waals surface area contributed by atoms with Crippen LogP contribution in [-0.2, 0) is 11.3 Å². The molecular formula is C23H21F2N3O3. The summed E-state index contributed by atoms with van der Waals surface area (Å²) in [7, 11) is 3.67. The molecule has 3 rings (SSSR count). The van der Waals surface area contributed by atoms with Gasteiger partial charge in [0.05, 0.1) is 0 Å². The van der Waals surface area contributed by atoms with E-state index in [1.807, 2.05) is 19.0 Å². The van der Waals surface area contributed by atoms with Crippen molar-refractivity contribution in [1.82, 2.24) is 9.88 Å². The first-order valence-corrected chi connectivity index (χ1v) is 9.34. The zero-order valence-electron chi connectivity index (χ0n) is 17.0. The number of ether oxygens (including phenoxy) is 1. The summed E-state index contributed by atoms with van der Waals surface area (Å²) >= 11 is 0. The summed E-state index contributed by atoms with van der Waals surface area (Å²) in [6.07, 6.45) is 2.64. The van der Waals surface area contributed by atoms with Crippen LogP contribution in [0.1, 0.15) is 5.56 Å². The number of H-pyrrole nitrogens is 1. The molecule has 0 aliphatic rings. The number of halogens is 2. The summed E-state index contributed by atoms with van der Waals surface area (Å²) < 4.78 is 33.1. The van der Waals surface area contributed by atoms with Gasteiger partial charge in [-0.05, 0) is 56.6 Å². The molecule has 160 valence electrons. The Hall–Kier alpha value is -3.78. The van der Waals surface area contributed by atoms with E-state index in [1.54, 1.807) is 24.3 Å². The number of aromatic nitrogens is 1. The summed E-state index contributed by atoms with van der Waals surface area (Å²) in [6.45, 7) is 3.82. The molecule has 0 bridgehead atoms. The average Bonchev–Trinajstić information content (AvgIpc) is 2.72. The number of carbonyl (C=O) groups excluding carboxylic acids is 1. The summed E-state index contributed by atoms with van der Waals surface area (Å²) in [5.74, 6) is -1.89. The second kappa shape index (κ2) is 9.36. The van der Waals surface area contributed by atoms with Gasteiger partial charge in [0.15, 0.2) is 11.6 Å². The third-order valence-corrected chi connectivity index (χ3v) is 4.32. The zero-order chi connectivity index (χ0) is 22.5. The highest BCUT2D eigenvalue weighted by Crippen LogP contribution is 2.36. The van der Waals surface area contributed by atoms with Crippen molar-refractivity contribution in [1.29, 1.82) is 0 Å². The van der Waals surface area contributed by atoms with E-state index in [4.69, 9.17) is 4.74 Å². The van der Waals surface area contributed by atoms with E-state index >= 15 is 0 Å². The summed E-state index contributed by atoms with van der Waals surface area (Å²) in [6, 6.07) is 9.45. The van der Waals surface area contributed by atoms with Crippen LogP contribution in [0.25, 0.3) is 11.1 Å². The molecule has 2 N–H and O–H groups in total. The van der Waals surface area contributed by atoms with Crippen LogP contribution in [0.5, 0.6) is 11.5 Å². The van der Waals surface area contributed by atoms with E-state index in [1.165, 1.54) is 12.3 Å². The molecule has 0 atom stereocenters. The van der Waals surface area contributed by atoms with Crippen LogP contribution in [0, 0.1) is 11.6 Å². The maximum absolute atomic E-state index is 14.1. The normalized spacial score (nSPS) is 10.7. The lowest BCUT2D eigenvalue weighted by molar-refractivity contribution is -0.111. The lowest BCUT2D eigenvalue weighted by atomic mass is 10.0. The fraction of sp³-hybridized carbons (Fsp3) is 0.130. The highest BCUT2D eigenvalue weighted by molar-refractivity contribution is 5.99. The number of benzene rings is 2. The minimum absolute atomic E-state index is 0.163. The molecule has 0 fully saturated rings. The number of anilines is 1. The zero-order valence-corrected chi connectivity index (χ0v) is 17.0. The maximum atomic E-state index is 14.1. The van der Waals surface area contributed by atoms with Crippen molar-refractivity contribution in [2.45, 2.75) is 6.54 Å². The van der Waals surface area contributed by atoms with E-state index in [9.17, 15) is 18.4 Å². The summed E-state index contributed by atoms with van der Waals surface area (Å²) in [5.41, 5.74) is 1.81. The van der Waals surface area contributed by atoms with Crippen molar-refractivity contribution < 1.29 is 18.3 Å². The fourth-order valence-electron chi connectivity index (χ4n) is 2.94. The van der Waals surface area contributed by atoms with Crippen LogP contribution in [-0.4, -0.2) is 29.9 Å². The number of amides is 1. The van der Waals surface area contributed by atoms with Crippen molar-refractivity contribution in [2.75, 3.05) is 19.4 Å². The van der Waals surface area contributed by atoms with Gasteiger partial charge >= 0.3 is 0 Å². The molecule has 1 heterocycles. The first kappa shape index (κ1) is 21.9. The van der Waals surface area contributed by atoms with Crippen molar-refractivity contribution >= 4 is 11.6 Å². The number of hydrogen-bond donors (Lipinski definition) is 2. The second-order valence-electron chi connectivity index (χ2n) is 7.06. The van der Waals surface area contributed by atoms with E-state index < -0.39 is 17.5 Å². The molecule has 3 aromatic rings. The number of nitrogens with zero attached hydrogens (tertiary/aromatic N) is 1. The van der Waals surface area contributed by atoms with Gasteiger partial charge in [-0.15, -0.1) is 0 Å². The van der Waals surface area contributed by atoms with Crippen molar-refractivity contribution in [3.8, 4) is 22.6 Å². The van der Waals surface area contributed by atoms with E-state index in [0.717, 1.165) is 18.2 Å². The highest BCUT2D eigenvalue weighted by Gasteiger charge is 2.14. The van der Waals surface area contributed by atoms with Crippen LogP contribution in [0.15, 0.2) is 66.1 Å². The van der Waals surface area contributed by atoms with Crippen LogP contribution < -0.4 is 15.6 Å². The second-order valence-corrected chi connectivity index (χ2v) is 7.06. The quantitative estimate of drug-likeness (QED) is 0.554. The molecular weight excluding hydrogens is 404 g/mol. The minimum atomic E-state index is -0.857. The topological polar surface area (TPSA) is 74.4 Å². The van der Waals surface area contributed by atoms with Gasteiger partial charge in [-0.1, -0.05) is 6.58 Å². The minimum Gasteiger partial charge on any atom is -0.454 e. The van der Waals surface area contributed by atoms with Gasteiger partial charge in [-0.25, -0.2) is 8.78 Å². The Kier molecular flexibility index (Phi) is 6.61. The Morgan fingerprint density at radius 1 is 1.16 bits per heavy atom. The number of rotatable bonds is 7. The largest absolute Gasteiger partial charge is 0.454 e. The third kappa shape index (κ3) is 5.43. The maximum Gasteiger partial charge on any atom is 0.252 e. The molecule has 0 unspecified atom stereocenters. The molecule has 2 aromatic carbocycles. The molecule has 1 amide bonds. The summed E-state index contributed by atoms with van der Waals surface area (Å²) in [4.78, 5) is 28.4. The average molecular weight is 425 g/mol. The third-order valence-electron chi connectivity index (χ3n) is 4.32. The Labute approximate surface area is 177 Å². The molecule has 6 nitrogen and oxygen atoms in total. The molecule has 0 aliphatic heterocycles. The van der Waals surface area contributed by atoms with Crippen LogP contribution in [0.4, 0.5) is 14.5 Å². The Morgan fingerprint density at radius 3 is 2.58 bits per heavy atom. The Bertz CT molecular complexity index is 1190. The molecule has 0 saturated heterocycles. The molecule has 0 spiro atoms. The van der Waals surface area contributed by atoms with Crippen LogP contribution in [0.3, 0.4) is 0 Å². The van der Waals surface area contributed by atoms with Gasteiger partial charge in [-0.3, -0.25) is 9.59 Å². The monoisotopic (exact) mass is 425 g/mol.